The molecule has 1 aromatic heterocycles. The summed E-state index contributed by atoms with van der Waals surface area (Å²) < 4.78 is 47.9. The molecule has 1 aliphatic carbocycles. The van der Waals surface area contributed by atoms with Crippen molar-refractivity contribution >= 4 is 17.2 Å². The summed E-state index contributed by atoms with van der Waals surface area (Å²) in [7, 11) is 0. The van der Waals surface area contributed by atoms with Gasteiger partial charge in [0, 0.05) is 23.4 Å². The van der Waals surface area contributed by atoms with E-state index in [1.807, 2.05) is 16.8 Å². The van der Waals surface area contributed by atoms with Gasteiger partial charge in [0.2, 0.25) is 0 Å². The average Bonchev–Trinajstić information content (AvgIpc) is 3.54. The van der Waals surface area contributed by atoms with Crippen LogP contribution < -0.4 is 15.1 Å². The van der Waals surface area contributed by atoms with Crippen molar-refractivity contribution in [3.63, 3.8) is 0 Å². The Labute approximate surface area is 206 Å². The zero-order valence-electron chi connectivity index (χ0n) is 20.1. The lowest BCUT2D eigenvalue weighted by molar-refractivity contribution is -0.137. The summed E-state index contributed by atoms with van der Waals surface area (Å²) in [6.45, 7) is 7.40. The standard InChI is InChI=1S/C25H30F3N3O3S/c1-24(2,3)21-15-31(14-18-9-6-12-33-18)23(35-21)29-22(32)19-13-16(25(26,27)28)10-11-20(19)34-30-17-7-4-5-8-17/h7,10-11,13,15,18,30H,4-6,8-9,12,14H2,1-3H3. The average molecular weight is 510 g/mol. The maximum atomic E-state index is 13.4. The highest BCUT2D eigenvalue weighted by atomic mass is 32.1. The van der Waals surface area contributed by atoms with Gasteiger partial charge in [0.15, 0.2) is 10.6 Å². The van der Waals surface area contributed by atoms with Gasteiger partial charge >= 0.3 is 6.18 Å². The molecule has 4 rings (SSSR count). The van der Waals surface area contributed by atoms with Crippen LogP contribution in [-0.2, 0) is 22.9 Å². The minimum absolute atomic E-state index is 0.00201. The quantitative estimate of drug-likeness (QED) is 0.505. The van der Waals surface area contributed by atoms with Gasteiger partial charge < -0.3 is 14.1 Å². The van der Waals surface area contributed by atoms with E-state index in [0.29, 0.717) is 18.0 Å². The Balaban J connectivity index is 1.71. The minimum Gasteiger partial charge on any atom is -0.382 e. The molecule has 190 valence electrons. The van der Waals surface area contributed by atoms with Gasteiger partial charge in [-0.05, 0) is 55.7 Å². The van der Waals surface area contributed by atoms with Crippen LogP contribution in [-0.4, -0.2) is 23.2 Å². The predicted octanol–water partition coefficient (Wildman–Crippen LogP) is 5.74. The molecule has 35 heavy (non-hydrogen) atoms. The Hall–Kier alpha value is -2.59. The number of hydrogen-bond donors (Lipinski definition) is 1. The van der Waals surface area contributed by atoms with E-state index in [-0.39, 0.29) is 22.8 Å². The molecule has 1 aromatic carbocycles. The molecule has 0 bridgehead atoms. The topological polar surface area (TPSA) is 64.9 Å². The summed E-state index contributed by atoms with van der Waals surface area (Å²) in [5, 5.41) is 0. The molecule has 2 aromatic rings. The number of nitrogens with zero attached hydrogens (tertiary/aromatic N) is 2. The third-order valence-corrected chi connectivity index (χ3v) is 7.40. The fourth-order valence-corrected chi connectivity index (χ4v) is 5.00. The number of carbonyl (C=O) groups is 1. The van der Waals surface area contributed by atoms with Crippen molar-refractivity contribution in [2.75, 3.05) is 6.61 Å². The molecule has 10 heteroatoms. The number of halogens is 3. The first kappa shape index (κ1) is 25.5. The van der Waals surface area contributed by atoms with E-state index in [1.54, 1.807) is 0 Å². The number of thiazole rings is 1. The minimum atomic E-state index is -4.60. The number of benzene rings is 1. The molecule has 1 atom stereocenters. The number of nitrogens with one attached hydrogen (secondary N) is 1. The van der Waals surface area contributed by atoms with E-state index in [1.165, 1.54) is 11.3 Å². The number of rotatable bonds is 6. The van der Waals surface area contributed by atoms with Crippen molar-refractivity contribution in [2.45, 2.75) is 77.1 Å². The number of carbonyl (C=O) groups excluding carboxylic acids is 1. The highest BCUT2D eigenvalue weighted by molar-refractivity contribution is 7.09. The smallest absolute Gasteiger partial charge is 0.382 e. The molecule has 1 N–H and O–H groups in total. The van der Waals surface area contributed by atoms with Crippen molar-refractivity contribution in [1.29, 1.82) is 0 Å². The third-order valence-electron chi connectivity index (χ3n) is 5.95. The van der Waals surface area contributed by atoms with Crippen molar-refractivity contribution in [3.05, 3.63) is 57.0 Å². The summed E-state index contributed by atoms with van der Waals surface area (Å²) in [6.07, 6.45) is 3.87. The first-order chi connectivity index (χ1) is 16.5. The van der Waals surface area contributed by atoms with Gasteiger partial charge in [0.05, 0.1) is 23.8 Å². The zero-order valence-corrected chi connectivity index (χ0v) is 20.9. The Morgan fingerprint density at radius 3 is 2.71 bits per heavy atom. The zero-order chi connectivity index (χ0) is 25.2. The molecule has 0 saturated carbocycles. The van der Waals surface area contributed by atoms with E-state index in [9.17, 15) is 18.0 Å². The van der Waals surface area contributed by atoms with E-state index < -0.39 is 17.6 Å². The van der Waals surface area contributed by atoms with Gasteiger partial charge in [-0.1, -0.05) is 26.8 Å². The molecule has 2 aliphatic rings. The molecule has 1 aliphatic heterocycles. The van der Waals surface area contributed by atoms with Crippen LogP contribution in [0.15, 0.2) is 41.2 Å². The summed E-state index contributed by atoms with van der Waals surface area (Å²) in [5.41, 5.74) is 2.24. The lowest BCUT2D eigenvalue weighted by Crippen LogP contribution is -2.24. The normalized spacial score (nSPS) is 19.2. The monoisotopic (exact) mass is 509 g/mol. The second-order valence-electron chi connectivity index (χ2n) is 9.87. The molecule has 1 saturated heterocycles. The lowest BCUT2D eigenvalue weighted by atomic mass is 9.95. The van der Waals surface area contributed by atoms with Crippen LogP contribution in [0.5, 0.6) is 5.75 Å². The van der Waals surface area contributed by atoms with Gasteiger partial charge in [-0.15, -0.1) is 11.3 Å². The van der Waals surface area contributed by atoms with Crippen LogP contribution in [0, 0.1) is 0 Å². The number of aromatic nitrogens is 1. The second-order valence-corrected chi connectivity index (χ2v) is 10.9. The summed E-state index contributed by atoms with van der Waals surface area (Å²) in [6, 6.07) is 2.86. The van der Waals surface area contributed by atoms with Crippen molar-refractivity contribution < 1.29 is 27.5 Å². The maximum absolute atomic E-state index is 13.4. The summed E-state index contributed by atoms with van der Waals surface area (Å²) in [5.74, 6) is -0.797. The predicted molar refractivity (Wildman–Crippen MR) is 127 cm³/mol. The number of alkyl halides is 3. The van der Waals surface area contributed by atoms with Gasteiger partial charge in [0.25, 0.3) is 5.91 Å². The fraction of sp³-hybridized carbons (Fsp3) is 0.520. The number of ether oxygens (including phenoxy) is 1. The number of hydrogen-bond acceptors (Lipinski definition) is 5. The van der Waals surface area contributed by atoms with E-state index in [2.05, 4.69) is 31.2 Å². The SMILES string of the molecule is CC(C)(C)c1cn(CC2CCCO2)c(=NC(=O)c2cc(C(F)(F)F)ccc2ONC2=CCCC2)s1. The molecule has 2 heterocycles. The second kappa shape index (κ2) is 10.2. The summed E-state index contributed by atoms with van der Waals surface area (Å²) >= 11 is 1.35. The van der Waals surface area contributed by atoms with Crippen LogP contribution in [0.2, 0.25) is 0 Å². The van der Waals surface area contributed by atoms with E-state index >= 15 is 0 Å². The van der Waals surface area contributed by atoms with Gasteiger partial charge in [-0.2, -0.15) is 18.2 Å². The summed E-state index contributed by atoms with van der Waals surface area (Å²) in [4.78, 5) is 24.5. The van der Waals surface area contributed by atoms with Crippen LogP contribution in [0.1, 0.15) is 73.7 Å². The van der Waals surface area contributed by atoms with Crippen LogP contribution in [0.25, 0.3) is 0 Å². The molecular formula is C25H30F3N3O3S. The highest BCUT2D eigenvalue weighted by Crippen LogP contribution is 2.33. The lowest BCUT2D eigenvalue weighted by Gasteiger charge is -2.15. The molecule has 1 unspecified atom stereocenters. The van der Waals surface area contributed by atoms with Gasteiger partial charge in [-0.3, -0.25) is 4.79 Å². The van der Waals surface area contributed by atoms with Crippen LogP contribution in [0.4, 0.5) is 13.2 Å². The van der Waals surface area contributed by atoms with E-state index in [4.69, 9.17) is 9.57 Å². The molecule has 6 nitrogen and oxygen atoms in total. The Morgan fingerprint density at radius 1 is 1.29 bits per heavy atom. The number of allylic oxidation sites excluding steroid dienone is 2. The van der Waals surface area contributed by atoms with E-state index in [0.717, 1.165) is 60.9 Å². The van der Waals surface area contributed by atoms with Gasteiger partial charge in [-0.25, -0.2) is 5.48 Å². The first-order valence-corrected chi connectivity index (χ1v) is 12.6. The van der Waals surface area contributed by atoms with Crippen LogP contribution in [0.3, 0.4) is 0 Å². The Morgan fingerprint density at radius 2 is 2.09 bits per heavy atom. The van der Waals surface area contributed by atoms with Gasteiger partial charge in [0.1, 0.15) is 0 Å². The molecule has 1 amide bonds. The van der Waals surface area contributed by atoms with Crippen molar-refractivity contribution in [1.82, 2.24) is 10.0 Å². The first-order valence-electron chi connectivity index (χ1n) is 11.8. The Bertz CT molecular complexity index is 1170. The van der Waals surface area contributed by atoms with Crippen molar-refractivity contribution in [3.8, 4) is 5.75 Å². The number of hydroxylamine groups is 1. The largest absolute Gasteiger partial charge is 0.416 e. The third kappa shape index (κ3) is 6.35. The number of amides is 1. The maximum Gasteiger partial charge on any atom is 0.416 e. The molecule has 0 radical (unpaired) electrons. The molecular weight excluding hydrogens is 479 g/mol. The molecule has 1 fully saturated rings. The van der Waals surface area contributed by atoms with Crippen LogP contribution >= 0.6 is 11.3 Å². The fourth-order valence-electron chi connectivity index (χ4n) is 3.95. The molecule has 0 spiro atoms. The Kier molecular flexibility index (Phi) is 7.42. The highest BCUT2D eigenvalue weighted by Gasteiger charge is 2.32. The van der Waals surface area contributed by atoms with Crippen molar-refractivity contribution in [2.24, 2.45) is 4.99 Å².